The fourth-order valence-electron chi connectivity index (χ4n) is 2.72. The molecule has 0 aromatic carbocycles. The minimum atomic E-state index is 1.04. The van der Waals surface area contributed by atoms with Crippen LogP contribution in [0, 0.1) is 5.92 Å². The molecule has 0 saturated heterocycles. The van der Waals surface area contributed by atoms with E-state index in [0.29, 0.717) is 0 Å². The SMILES string of the molecule is c1cc(CCNCCCC2CCCC2)ccn1. The number of pyridine rings is 1. The molecular weight excluding hydrogens is 208 g/mol. The zero-order valence-electron chi connectivity index (χ0n) is 10.7. The average molecular weight is 232 g/mol. The molecule has 0 amide bonds. The van der Waals surface area contributed by atoms with Crippen LogP contribution in [0.1, 0.15) is 44.1 Å². The molecule has 0 unspecified atom stereocenters. The van der Waals surface area contributed by atoms with Crippen LogP contribution in [0.3, 0.4) is 0 Å². The van der Waals surface area contributed by atoms with Crippen molar-refractivity contribution in [2.24, 2.45) is 5.92 Å². The molecule has 1 N–H and O–H groups in total. The van der Waals surface area contributed by atoms with E-state index in [1.807, 2.05) is 12.4 Å². The number of aromatic nitrogens is 1. The summed E-state index contributed by atoms with van der Waals surface area (Å²) in [6.45, 7) is 2.27. The van der Waals surface area contributed by atoms with Crippen molar-refractivity contribution in [3.63, 3.8) is 0 Å². The molecule has 0 aliphatic heterocycles. The highest BCUT2D eigenvalue weighted by Crippen LogP contribution is 2.28. The normalized spacial score (nSPS) is 16.5. The van der Waals surface area contributed by atoms with Gasteiger partial charge in [0.05, 0.1) is 0 Å². The Hall–Kier alpha value is -0.890. The lowest BCUT2D eigenvalue weighted by Crippen LogP contribution is -2.19. The Morgan fingerprint density at radius 1 is 1.12 bits per heavy atom. The highest BCUT2D eigenvalue weighted by Gasteiger charge is 2.13. The molecular formula is C15H24N2. The Bertz CT molecular complexity index is 291. The number of nitrogens with one attached hydrogen (secondary N) is 1. The fourth-order valence-corrected chi connectivity index (χ4v) is 2.72. The van der Waals surface area contributed by atoms with Crippen molar-refractivity contribution in [2.75, 3.05) is 13.1 Å². The second-order valence-corrected chi connectivity index (χ2v) is 5.15. The maximum atomic E-state index is 4.03. The zero-order valence-corrected chi connectivity index (χ0v) is 10.7. The third kappa shape index (κ3) is 4.86. The van der Waals surface area contributed by atoms with E-state index in [1.54, 1.807) is 0 Å². The Morgan fingerprint density at radius 2 is 1.88 bits per heavy atom. The number of nitrogens with zero attached hydrogens (tertiary/aromatic N) is 1. The van der Waals surface area contributed by atoms with Crippen LogP contribution in [0.4, 0.5) is 0 Å². The second-order valence-electron chi connectivity index (χ2n) is 5.15. The Morgan fingerprint density at radius 3 is 2.65 bits per heavy atom. The largest absolute Gasteiger partial charge is 0.316 e. The number of rotatable bonds is 7. The van der Waals surface area contributed by atoms with Crippen molar-refractivity contribution in [3.8, 4) is 0 Å². The molecule has 1 aromatic rings. The van der Waals surface area contributed by atoms with Gasteiger partial charge in [0.15, 0.2) is 0 Å². The summed E-state index contributed by atoms with van der Waals surface area (Å²) in [5, 5.41) is 3.54. The first-order valence-corrected chi connectivity index (χ1v) is 7.05. The van der Waals surface area contributed by atoms with Crippen molar-refractivity contribution < 1.29 is 0 Å². The molecule has 1 fully saturated rings. The smallest absolute Gasteiger partial charge is 0.0270 e. The number of hydrogen-bond acceptors (Lipinski definition) is 2. The zero-order chi connectivity index (χ0) is 11.8. The van der Waals surface area contributed by atoms with Gasteiger partial charge in [0.2, 0.25) is 0 Å². The van der Waals surface area contributed by atoms with Crippen molar-refractivity contribution >= 4 is 0 Å². The van der Waals surface area contributed by atoms with E-state index >= 15 is 0 Å². The summed E-state index contributed by atoms with van der Waals surface area (Å²) in [5.41, 5.74) is 1.38. The predicted molar refractivity (Wildman–Crippen MR) is 72.0 cm³/mol. The molecule has 17 heavy (non-hydrogen) atoms. The molecule has 0 radical (unpaired) electrons. The molecule has 2 heteroatoms. The quantitative estimate of drug-likeness (QED) is 0.730. The summed E-state index contributed by atoms with van der Waals surface area (Å²) in [7, 11) is 0. The first kappa shape index (κ1) is 12.6. The average Bonchev–Trinajstić information content (AvgIpc) is 2.88. The summed E-state index contributed by atoms with van der Waals surface area (Å²) in [4.78, 5) is 4.03. The third-order valence-corrected chi connectivity index (χ3v) is 3.78. The van der Waals surface area contributed by atoms with E-state index in [0.717, 1.165) is 18.9 Å². The van der Waals surface area contributed by atoms with Gasteiger partial charge in [-0.25, -0.2) is 0 Å². The van der Waals surface area contributed by atoms with Gasteiger partial charge in [-0.2, -0.15) is 0 Å². The van der Waals surface area contributed by atoms with Crippen LogP contribution in [0.2, 0.25) is 0 Å². The highest BCUT2D eigenvalue weighted by atomic mass is 14.8. The van der Waals surface area contributed by atoms with Crippen molar-refractivity contribution in [3.05, 3.63) is 30.1 Å². The molecule has 2 nitrogen and oxygen atoms in total. The molecule has 1 aromatic heterocycles. The van der Waals surface area contributed by atoms with E-state index in [1.165, 1.54) is 50.6 Å². The third-order valence-electron chi connectivity index (χ3n) is 3.78. The van der Waals surface area contributed by atoms with Gasteiger partial charge in [-0.15, -0.1) is 0 Å². The second kappa shape index (κ2) is 7.44. The molecule has 94 valence electrons. The molecule has 2 rings (SSSR count). The van der Waals surface area contributed by atoms with Crippen LogP contribution >= 0.6 is 0 Å². The van der Waals surface area contributed by atoms with Crippen LogP contribution in [-0.2, 0) is 6.42 Å². The molecule has 0 bridgehead atoms. The first-order valence-electron chi connectivity index (χ1n) is 7.05. The van der Waals surface area contributed by atoms with Gasteiger partial charge in [-0.1, -0.05) is 25.7 Å². The minimum absolute atomic E-state index is 1.04. The van der Waals surface area contributed by atoms with Crippen molar-refractivity contribution in [1.29, 1.82) is 0 Å². The maximum Gasteiger partial charge on any atom is 0.0270 e. The Kier molecular flexibility index (Phi) is 5.50. The first-order chi connectivity index (χ1) is 8.45. The van der Waals surface area contributed by atoms with Crippen LogP contribution < -0.4 is 5.32 Å². The van der Waals surface area contributed by atoms with Crippen LogP contribution in [0.25, 0.3) is 0 Å². The lowest BCUT2D eigenvalue weighted by molar-refractivity contribution is 0.471. The lowest BCUT2D eigenvalue weighted by atomic mass is 10.0. The summed E-state index contributed by atoms with van der Waals surface area (Å²) >= 11 is 0. The van der Waals surface area contributed by atoms with Crippen LogP contribution in [-0.4, -0.2) is 18.1 Å². The fraction of sp³-hybridized carbons (Fsp3) is 0.667. The summed E-state index contributed by atoms with van der Waals surface area (Å²) in [6, 6.07) is 4.19. The lowest BCUT2D eigenvalue weighted by Gasteiger charge is -2.09. The molecule has 0 spiro atoms. The number of hydrogen-bond donors (Lipinski definition) is 1. The highest BCUT2D eigenvalue weighted by molar-refractivity contribution is 5.09. The van der Waals surface area contributed by atoms with Crippen molar-refractivity contribution in [2.45, 2.75) is 44.9 Å². The molecule has 1 saturated carbocycles. The van der Waals surface area contributed by atoms with Gasteiger partial charge in [-0.3, -0.25) is 4.98 Å². The van der Waals surface area contributed by atoms with Gasteiger partial charge >= 0.3 is 0 Å². The van der Waals surface area contributed by atoms with E-state index in [-0.39, 0.29) is 0 Å². The van der Waals surface area contributed by atoms with Gasteiger partial charge in [0.1, 0.15) is 0 Å². The summed E-state index contributed by atoms with van der Waals surface area (Å²) < 4.78 is 0. The molecule has 1 heterocycles. The Balaban J connectivity index is 1.46. The molecule has 0 atom stereocenters. The van der Waals surface area contributed by atoms with Gasteiger partial charge < -0.3 is 5.32 Å². The van der Waals surface area contributed by atoms with Crippen molar-refractivity contribution in [1.82, 2.24) is 10.3 Å². The molecule has 1 aliphatic carbocycles. The Labute approximate surface area is 105 Å². The van der Waals surface area contributed by atoms with E-state index < -0.39 is 0 Å². The minimum Gasteiger partial charge on any atom is -0.316 e. The van der Waals surface area contributed by atoms with E-state index in [2.05, 4.69) is 22.4 Å². The van der Waals surface area contributed by atoms with Crippen LogP contribution in [0.15, 0.2) is 24.5 Å². The summed E-state index contributed by atoms with van der Waals surface area (Å²) in [6.07, 6.45) is 13.5. The van der Waals surface area contributed by atoms with Gasteiger partial charge in [0.25, 0.3) is 0 Å². The van der Waals surface area contributed by atoms with Crippen LogP contribution in [0.5, 0.6) is 0 Å². The predicted octanol–water partition coefficient (Wildman–Crippen LogP) is 3.18. The van der Waals surface area contributed by atoms with E-state index in [9.17, 15) is 0 Å². The standard InChI is InChI=1S/C15H24N2/c1-2-5-14(4-1)6-3-10-16-11-7-15-8-12-17-13-9-15/h8-9,12-14,16H,1-7,10-11H2. The molecule has 1 aliphatic rings. The monoisotopic (exact) mass is 232 g/mol. The maximum absolute atomic E-state index is 4.03. The topological polar surface area (TPSA) is 24.9 Å². The van der Waals surface area contributed by atoms with E-state index in [4.69, 9.17) is 0 Å². The van der Waals surface area contributed by atoms with Gasteiger partial charge in [0, 0.05) is 12.4 Å². The van der Waals surface area contributed by atoms with Gasteiger partial charge in [-0.05, 0) is 56.0 Å². The summed E-state index contributed by atoms with van der Waals surface area (Å²) in [5.74, 6) is 1.04.